The van der Waals surface area contributed by atoms with E-state index in [9.17, 15) is 27.9 Å². The summed E-state index contributed by atoms with van der Waals surface area (Å²) in [6.45, 7) is 3.79. The molecule has 5 rings (SSSR count). The van der Waals surface area contributed by atoms with Crippen LogP contribution in [0.1, 0.15) is 62.1 Å². The van der Waals surface area contributed by atoms with E-state index in [1.165, 1.54) is 31.9 Å². The van der Waals surface area contributed by atoms with Gasteiger partial charge in [0.25, 0.3) is 5.91 Å². The Labute approximate surface area is 231 Å². The maximum Gasteiger partial charge on any atom is 0.416 e. The van der Waals surface area contributed by atoms with Crippen molar-refractivity contribution in [3.63, 3.8) is 0 Å². The van der Waals surface area contributed by atoms with Crippen molar-refractivity contribution in [1.82, 2.24) is 10.2 Å². The molecule has 2 saturated carbocycles. The SMILES string of the molecule is CC(=O)O[C@]12CC[C@H](NC(=O)C#Cc3ccc(C(F)(F)F)cc3)C[C@]1(c1cccc(O)c1)CCN(CC1CC1)C2. The van der Waals surface area contributed by atoms with Gasteiger partial charge < -0.3 is 15.2 Å². The summed E-state index contributed by atoms with van der Waals surface area (Å²) in [5, 5.41) is 13.3. The molecule has 0 unspecified atom stereocenters. The molecule has 40 heavy (non-hydrogen) atoms. The summed E-state index contributed by atoms with van der Waals surface area (Å²) in [5.74, 6) is 5.06. The molecule has 2 N–H and O–H groups in total. The first-order valence-electron chi connectivity index (χ1n) is 13.7. The van der Waals surface area contributed by atoms with Crippen LogP contribution in [0.5, 0.6) is 5.75 Å². The van der Waals surface area contributed by atoms with Crippen molar-refractivity contribution in [2.24, 2.45) is 5.92 Å². The molecule has 0 radical (unpaired) electrons. The summed E-state index contributed by atoms with van der Waals surface area (Å²) in [6, 6.07) is 11.1. The highest BCUT2D eigenvalue weighted by molar-refractivity contribution is 5.94. The van der Waals surface area contributed by atoms with E-state index in [4.69, 9.17) is 4.74 Å². The van der Waals surface area contributed by atoms with Crippen LogP contribution in [0.15, 0.2) is 48.5 Å². The topological polar surface area (TPSA) is 78.9 Å². The van der Waals surface area contributed by atoms with Crippen LogP contribution in [-0.4, -0.2) is 53.2 Å². The Morgan fingerprint density at radius 1 is 1.12 bits per heavy atom. The Morgan fingerprint density at radius 3 is 2.52 bits per heavy atom. The third-order valence-corrected chi connectivity index (χ3v) is 8.52. The van der Waals surface area contributed by atoms with Crippen molar-refractivity contribution in [2.45, 2.75) is 68.7 Å². The minimum absolute atomic E-state index is 0.123. The molecule has 3 fully saturated rings. The molecule has 1 aliphatic heterocycles. The van der Waals surface area contributed by atoms with Crippen LogP contribution in [0.25, 0.3) is 0 Å². The summed E-state index contributed by atoms with van der Waals surface area (Å²) >= 11 is 0. The van der Waals surface area contributed by atoms with Crippen LogP contribution >= 0.6 is 0 Å². The lowest BCUT2D eigenvalue weighted by Crippen LogP contribution is -2.68. The highest BCUT2D eigenvalue weighted by Gasteiger charge is 2.61. The number of phenols is 1. The zero-order valence-electron chi connectivity index (χ0n) is 22.4. The molecule has 212 valence electrons. The molecule has 0 aromatic heterocycles. The average Bonchev–Trinajstić information content (AvgIpc) is 3.71. The van der Waals surface area contributed by atoms with Crippen molar-refractivity contribution in [3.8, 4) is 17.6 Å². The van der Waals surface area contributed by atoms with Crippen LogP contribution in [-0.2, 0) is 25.9 Å². The molecule has 2 aromatic rings. The second-order valence-electron chi connectivity index (χ2n) is 11.4. The van der Waals surface area contributed by atoms with E-state index < -0.39 is 28.7 Å². The Kier molecular flexibility index (Phi) is 7.58. The Hall–Kier alpha value is -3.51. The van der Waals surface area contributed by atoms with Gasteiger partial charge in [-0.1, -0.05) is 18.1 Å². The van der Waals surface area contributed by atoms with E-state index in [1.807, 2.05) is 6.07 Å². The molecule has 0 spiro atoms. The fourth-order valence-corrected chi connectivity index (χ4v) is 6.53. The van der Waals surface area contributed by atoms with Crippen molar-refractivity contribution in [1.29, 1.82) is 0 Å². The standard InChI is InChI=1S/C31H33F3N2O4/c1-21(37)40-30-14-13-26(35-28(39)12-9-22-7-10-24(11-8-22)31(32,33)34)18-29(30,25-3-2-4-27(38)17-25)15-16-36(20-30)19-23-5-6-23/h2-4,7-8,10-11,17,23,26,38H,5-6,13-16,18-20H2,1H3,(H,35,39)/t26-,29-,30-/m0/s1. The number of esters is 1. The largest absolute Gasteiger partial charge is 0.508 e. The van der Waals surface area contributed by atoms with Crippen LogP contribution in [0.3, 0.4) is 0 Å². The highest BCUT2D eigenvalue weighted by Crippen LogP contribution is 2.54. The smallest absolute Gasteiger partial charge is 0.416 e. The number of hydrogen-bond donors (Lipinski definition) is 2. The molecule has 2 aliphatic carbocycles. The van der Waals surface area contributed by atoms with E-state index in [2.05, 4.69) is 22.1 Å². The van der Waals surface area contributed by atoms with Crippen molar-refractivity contribution < 1.29 is 32.6 Å². The van der Waals surface area contributed by atoms with Gasteiger partial charge in [-0.25, -0.2) is 0 Å². The number of ether oxygens (including phenoxy) is 1. The van der Waals surface area contributed by atoms with Gasteiger partial charge in [-0.05, 0) is 92.9 Å². The molecule has 1 heterocycles. The van der Waals surface area contributed by atoms with Crippen molar-refractivity contribution in [2.75, 3.05) is 19.6 Å². The summed E-state index contributed by atoms with van der Waals surface area (Å²) < 4.78 is 44.7. The number of halogens is 3. The fraction of sp³-hybridized carbons (Fsp3) is 0.484. The Balaban J connectivity index is 1.38. The number of piperidine rings is 1. The molecule has 3 atom stereocenters. The number of carbonyl (C=O) groups is 2. The second kappa shape index (κ2) is 10.8. The summed E-state index contributed by atoms with van der Waals surface area (Å²) in [4.78, 5) is 27.6. The van der Waals surface area contributed by atoms with Gasteiger partial charge in [0.15, 0.2) is 0 Å². The number of nitrogens with one attached hydrogen (secondary N) is 1. The second-order valence-corrected chi connectivity index (χ2v) is 11.4. The molecule has 1 saturated heterocycles. The monoisotopic (exact) mass is 554 g/mol. The fourth-order valence-electron chi connectivity index (χ4n) is 6.53. The van der Waals surface area contributed by atoms with E-state index in [1.54, 1.807) is 18.2 Å². The van der Waals surface area contributed by atoms with E-state index >= 15 is 0 Å². The van der Waals surface area contributed by atoms with Gasteiger partial charge in [-0.15, -0.1) is 0 Å². The molecular formula is C31H33F3N2O4. The van der Waals surface area contributed by atoms with E-state index in [0.29, 0.717) is 43.7 Å². The number of amides is 1. The highest BCUT2D eigenvalue weighted by atomic mass is 19.4. The number of rotatable bonds is 5. The number of alkyl halides is 3. The van der Waals surface area contributed by atoms with Gasteiger partial charge in [0, 0.05) is 43.0 Å². The summed E-state index contributed by atoms with van der Waals surface area (Å²) in [7, 11) is 0. The first-order chi connectivity index (χ1) is 19.0. The number of hydrogen-bond acceptors (Lipinski definition) is 5. The number of likely N-dealkylation sites (tertiary alicyclic amines) is 1. The lowest BCUT2D eigenvalue weighted by molar-refractivity contribution is -0.187. The van der Waals surface area contributed by atoms with E-state index in [-0.39, 0.29) is 17.8 Å². The summed E-state index contributed by atoms with van der Waals surface area (Å²) in [6.07, 6.45) is 0.284. The minimum Gasteiger partial charge on any atom is -0.508 e. The molecule has 3 aliphatic rings. The Morgan fingerprint density at radius 2 is 1.88 bits per heavy atom. The first-order valence-corrected chi connectivity index (χ1v) is 13.7. The maximum absolute atomic E-state index is 12.8. The van der Waals surface area contributed by atoms with Gasteiger partial charge in [0.05, 0.1) is 5.56 Å². The van der Waals surface area contributed by atoms with Gasteiger partial charge in [0.1, 0.15) is 11.4 Å². The number of nitrogens with zero attached hydrogens (tertiary/aromatic N) is 1. The summed E-state index contributed by atoms with van der Waals surface area (Å²) in [5.41, 5.74) is -1.04. The van der Waals surface area contributed by atoms with Crippen LogP contribution in [0, 0.1) is 17.8 Å². The third-order valence-electron chi connectivity index (χ3n) is 8.52. The zero-order chi connectivity index (χ0) is 28.5. The first kappa shape index (κ1) is 28.0. The predicted octanol–water partition coefficient (Wildman–Crippen LogP) is 4.79. The molecule has 9 heteroatoms. The van der Waals surface area contributed by atoms with Crippen LogP contribution in [0.2, 0.25) is 0 Å². The van der Waals surface area contributed by atoms with Gasteiger partial charge >= 0.3 is 12.1 Å². The van der Waals surface area contributed by atoms with E-state index in [0.717, 1.165) is 30.8 Å². The molecule has 1 amide bonds. The zero-order valence-corrected chi connectivity index (χ0v) is 22.4. The maximum atomic E-state index is 12.8. The molecule has 2 aromatic carbocycles. The lowest BCUT2D eigenvalue weighted by atomic mass is 9.55. The predicted molar refractivity (Wildman–Crippen MR) is 142 cm³/mol. The van der Waals surface area contributed by atoms with Crippen LogP contribution < -0.4 is 5.32 Å². The molecule has 0 bridgehead atoms. The Bertz CT molecular complexity index is 1330. The third kappa shape index (κ3) is 5.97. The quantitative estimate of drug-likeness (QED) is 0.411. The number of fused-ring (bicyclic) bond motifs is 1. The lowest BCUT2D eigenvalue weighted by Gasteiger charge is -2.59. The minimum atomic E-state index is -4.44. The van der Waals surface area contributed by atoms with Crippen LogP contribution in [0.4, 0.5) is 13.2 Å². The van der Waals surface area contributed by atoms with Gasteiger partial charge in [0.2, 0.25) is 0 Å². The number of aromatic hydroxyl groups is 1. The normalized spacial score (nSPS) is 26.6. The molecule has 6 nitrogen and oxygen atoms in total. The number of carbonyl (C=O) groups excluding carboxylic acids is 2. The average molecular weight is 555 g/mol. The number of phenolic OH excluding ortho intramolecular Hbond substituents is 1. The van der Waals surface area contributed by atoms with Crippen molar-refractivity contribution in [3.05, 3.63) is 65.2 Å². The molecular weight excluding hydrogens is 521 g/mol. The number of benzene rings is 2. The van der Waals surface area contributed by atoms with Gasteiger partial charge in [-0.3, -0.25) is 14.5 Å². The van der Waals surface area contributed by atoms with Gasteiger partial charge in [-0.2, -0.15) is 13.2 Å². The van der Waals surface area contributed by atoms with Crippen molar-refractivity contribution >= 4 is 11.9 Å².